The van der Waals surface area contributed by atoms with Crippen molar-refractivity contribution in [2.45, 2.75) is 12.6 Å². The molecular weight excluding hydrogens is 302 g/mol. The Hall–Kier alpha value is -1.75. The Morgan fingerprint density at radius 1 is 1.09 bits per heavy atom. The number of methoxy groups -OCH3 is 2. The van der Waals surface area contributed by atoms with Crippen molar-refractivity contribution >= 4 is 11.6 Å². The van der Waals surface area contributed by atoms with Crippen molar-refractivity contribution in [3.05, 3.63) is 58.6 Å². The summed E-state index contributed by atoms with van der Waals surface area (Å²) in [6.45, 7) is 1.08. The van der Waals surface area contributed by atoms with Crippen molar-refractivity contribution in [1.29, 1.82) is 0 Å². The highest BCUT2D eigenvalue weighted by Crippen LogP contribution is 2.25. The van der Waals surface area contributed by atoms with Gasteiger partial charge >= 0.3 is 0 Å². The average molecular weight is 322 g/mol. The lowest BCUT2D eigenvalue weighted by atomic mass is 10.1. The van der Waals surface area contributed by atoms with Crippen LogP contribution in [0.1, 0.15) is 17.2 Å². The lowest BCUT2D eigenvalue weighted by molar-refractivity contribution is 0.174. The highest BCUT2D eigenvalue weighted by molar-refractivity contribution is 6.32. The summed E-state index contributed by atoms with van der Waals surface area (Å²) >= 11 is 6.08. The molecule has 0 aliphatic rings. The van der Waals surface area contributed by atoms with Crippen LogP contribution in [0.5, 0.6) is 11.5 Å². The van der Waals surface area contributed by atoms with Crippen LogP contribution >= 0.6 is 11.6 Å². The number of hydrogen-bond acceptors (Lipinski definition) is 4. The van der Waals surface area contributed by atoms with Gasteiger partial charge in [0.1, 0.15) is 11.5 Å². The highest BCUT2D eigenvalue weighted by Gasteiger charge is 2.08. The summed E-state index contributed by atoms with van der Waals surface area (Å²) in [6.07, 6.45) is -0.570. The van der Waals surface area contributed by atoms with Crippen molar-refractivity contribution in [2.24, 2.45) is 0 Å². The minimum absolute atomic E-state index is 0.454. The molecule has 0 fully saturated rings. The molecule has 1 unspecified atom stereocenters. The summed E-state index contributed by atoms with van der Waals surface area (Å²) in [5.41, 5.74) is 1.88. The van der Waals surface area contributed by atoms with E-state index in [1.54, 1.807) is 14.2 Å². The number of aliphatic hydroxyl groups excluding tert-OH is 1. The second-order valence-corrected chi connectivity index (χ2v) is 5.30. The number of hydrogen-bond donors (Lipinski definition) is 2. The normalized spacial score (nSPS) is 12.0. The van der Waals surface area contributed by atoms with E-state index in [1.165, 1.54) is 0 Å². The number of halogens is 1. The highest BCUT2D eigenvalue weighted by atomic mass is 35.5. The zero-order valence-corrected chi connectivity index (χ0v) is 13.4. The molecular formula is C17H20ClNO3. The van der Waals surface area contributed by atoms with Gasteiger partial charge in [0.2, 0.25) is 0 Å². The largest absolute Gasteiger partial charge is 0.497 e. The molecule has 0 aliphatic heterocycles. The van der Waals surface area contributed by atoms with Gasteiger partial charge < -0.3 is 19.9 Å². The minimum atomic E-state index is -0.570. The second kappa shape index (κ2) is 8.03. The van der Waals surface area contributed by atoms with Gasteiger partial charge in [0, 0.05) is 13.1 Å². The van der Waals surface area contributed by atoms with Crippen LogP contribution in [-0.2, 0) is 6.54 Å². The molecule has 118 valence electrons. The third kappa shape index (κ3) is 4.37. The topological polar surface area (TPSA) is 50.7 Å². The lowest BCUT2D eigenvalue weighted by Gasteiger charge is -2.13. The first-order valence-electron chi connectivity index (χ1n) is 6.99. The molecule has 2 rings (SSSR count). The third-order valence-corrected chi connectivity index (χ3v) is 3.68. The van der Waals surface area contributed by atoms with E-state index in [0.717, 1.165) is 16.9 Å². The maximum Gasteiger partial charge on any atom is 0.137 e. The Morgan fingerprint density at radius 3 is 2.41 bits per heavy atom. The molecule has 0 spiro atoms. The van der Waals surface area contributed by atoms with Crippen molar-refractivity contribution < 1.29 is 14.6 Å². The molecule has 0 radical (unpaired) electrons. The summed E-state index contributed by atoms with van der Waals surface area (Å²) in [4.78, 5) is 0. The predicted molar refractivity (Wildman–Crippen MR) is 87.7 cm³/mol. The van der Waals surface area contributed by atoms with Crippen LogP contribution in [0.2, 0.25) is 5.02 Å². The first-order valence-corrected chi connectivity index (χ1v) is 7.37. The van der Waals surface area contributed by atoms with Gasteiger partial charge in [-0.25, -0.2) is 0 Å². The summed E-state index contributed by atoms with van der Waals surface area (Å²) in [6, 6.07) is 13.0. The van der Waals surface area contributed by atoms with Crippen LogP contribution in [0.3, 0.4) is 0 Å². The molecule has 5 heteroatoms. The third-order valence-electron chi connectivity index (χ3n) is 3.38. The number of rotatable bonds is 7. The van der Waals surface area contributed by atoms with Gasteiger partial charge in [-0.1, -0.05) is 29.8 Å². The van der Waals surface area contributed by atoms with E-state index < -0.39 is 6.10 Å². The number of benzene rings is 2. The molecule has 22 heavy (non-hydrogen) atoms. The van der Waals surface area contributed by atoms with Gasteiger partial charge in [-0.05, 0) is 35.4 Å². The maximum atomic E-state index is 10.1. The van der Waals surface area contributed by atoms with E-state index in [0.29, 0.717) is 23.9 Å². The van der Waals surface area contributed by atoms with Gasteiger partial charge in [-0.2, -0.15) is 0 Å². The molecule has 2 N–H and O–H groups in total. The zero-order chi connectivity index (χ0) is 15.9. The number of aliphatic hydroxyl groups is 1. The molecule has 0 bridgehead atoms. The quantitative estimate of drug-likeness (QED) is 0.822. The number of ether oxygens (including phenoxy) is 2. The van der Waals surface area contributed by atoms with Crippen LogP contribution in [0, 0.1) is 0 Å². The Morgan fingerprint density at radius 2 is 1.82 bits per heavy atom. The molecule has 2 aromatic carbocycles. The van der Waals surface area contributed by atoms with Crippen LogP contribution in [0.25, 0.3) is 0 Å². The van der Waals surface area contributed by atoms with Crippen molar-refractivity contribution in [2.75, 3.05) is 20.8 Å². The zero-order valence-electron chi connectivity index (χ0n) is 12.7. The summed E-state index contributed by atoms with van der Waals surface area (Å²) < 4.78 is 10.2. The van der Waals surface area contributed by atoms with Crippen LogP contribution in [0.4, 0.5) is 0 Å². The van der Waals surface area contributed by atoms with Gasteiger partial charge in [0.05, 0.1) is 25.3 Å². The minimum Gasteiger partial charge on any atom is -0.497 e. The van der Waals surface area contributed by atoms with Gasteiger partial charge in [-0.15, -0.1) is 0 Å². The van der Waals surface area contributed by atoms with Crippen LogP contribution in [0.15, 0.2) is 42.5 Å². The Labute approximate surface area is 135 Å². The summed E-state index contributed by atoms with van der Waals surface area (Å²) in [7, 11) is 3.21. The molecule has 0 saturated heterocycles. The smallest absolute Gasteiger partial charge is 0.137 e. The van der Waals surface area contributed by atoms with E-state index in [1.807, 2.05) is 42.5 Å². The standard InChI is InChI=1S/C17H20ClNO3/c1-21-14-6-4-13(5-7-14)16(20)11-19-10-12-3-8-17(22-2)15(18)9-12/h3-9,16,19-20H,10-11H2,1-2H3. The molecule has 0 aromatic heterocycles. The van der Waals surface area contributed by atoms with E-state index in [2.05, 4.69) is 5.32 Å². The Bertz CT molecular complexity index is 601. The van der Waals surface area contributed by atoms with E-state index in [9.17, 15) is 5.11 Å². The lowest BCUT2D eigenvalue weighted by Crippen LogP contribution is -2.21. The summed E-state index contributed by atoms with van der Waals surface area (Å²) in [5, 5.41) is 13.9. The molecule has 4 nitrogen and oxygen atoms in total. The maximum absolute atomic E-state index is 10.1. The van der Waals surface area contributed by atoms with Crippen LogP contribution < -0.4 is 14.8 Å². The monoisotopic (exact) mass is 321 g/mol. The fourth-order valence-corrected chi connectivity index (χ4v) is 2.40. The summed E-state index contributed by atoms with van der Waals surface area (Å²) in [5.74, 6) is 1.43. The molecule has 0 heterocycles. The van der Waals surface area contributed by atoms with Crippen molar-refractivity contribution in [1.82, 2.24) is 5.32 Å². The van der Waals surface area contributed by atoms with E-state index in [-0.39, 0.29) is 0 Å². The van der Waals surface area contributed by atoms with Crippen molar-refractivity contribution in [3.8, 4) is 11.5 Å². The SMILES string of the molecule is COc1ccc(C(O)CNCc2ccc(OC)c(Cl)c2)cc1. The van der Waals surface area contributed by atoms with Gasteiger partial charge in [0.15, 0.2) is 0 Å². The first kappa shape index (κ1) is 16.6. The van der Waals surface area contributed by atoms with Gasteiger partial charge in [-0.3, -0.25) is 0 Å². The Balaban J connectivity index is 1.85. The predicted octanol–water partition coefficient (Wildman–Crippen LogP) is 3.18. The fourth-order valence-electron chi connectivity index (χ4n) is 2.12. The number of nitrogens with one attached hydrogen (secondary N) is 1. The van der Waals surface area contributed by atoms with Crippen LogP contribution in [-0.4, -0.2) is 25.9 Å². The molecule has 0 aliphatic carbocycles. The molecule has 1 atom stereocenters. The Kier molecular flexibility index (Phi) is 6.07. The van der Waals surface area contributed by atoms with Crippen molar-refractivity contribution in [3.63, 3.8) is 0 Å². The molecule has 2 aromatic rings. The van der Waals surface area contributed by atoms with E-state index >= 15 is 0 Å². The molecule has 0 saturated carbocycles. The second-order valence-electron chi connectivity index (χ2n) is 4.89. The fraction of sp³-hybridized carbons (Fsp3) is 0.294. The first-order chi connectivity index (χ1) is 10.6. The molecule has 0 amide bonds. The van der Waals surface area contributed by atoms with E-state index in [4.69, 9.17) is 21.1 Å². The average Bonchev–Trinajstić information content (AvgIpc) is 2.55. The van der Waals surface area contributed by atoms with Gasteiger partial charge in [0.25, 0.3) is 0 Å².